The highest BCUT2D eigenvalue weighted by Gasteiger charge is 2.04. The largest absolute Gasteiger partial charge is 0.310 e. The van der Waals surface area contributed by atoms with E-state index >= 15 is 0 Å². The second-order valence-electron chi connectivity index (χ2n) is 3.87. The van der Waals surface area contributed by atoms with Crippen LogP contribution in [0.2, 0.25) is 10.0 Å². The smallest absolute Gasteiger partial charge is 0.164 e. The molecule has 6 heteroatoms. The van der Waals surface area contributed by atoms with Crippen LogP contribution in [0.3, 0.4) is 0 Å². The average molecular weight is 285 g/mol. The van der Waals surface area contributed by atoms with Crippen LogP contribution in [0.1, 0.15) is 18.3 Å². The highest BCUT2D eigenvalue weighted by molar-refractivity contribution is 6.35. The number of benzene rings is 1. The van der Waals surface area contributed by atoms with E-state index in [9.17, 15) is 0 Å². The number of aromatic nitrogens is 3. The number of hydrogen-bond donors (Lipinski definition) is 1. The van der Waals surface area contributed by atoms with Crippen molar-refractivity contribution in [2.75, 3.05) is 6.54 Å². The molecule has 0 aliphatic rings. The summed E-state index contributed by atoms with van der Waals surface area (Å²) in [5, 5.41) is 8.82. The van der Waals surface area contributed by atoms with Crippen molar-refractivity contribution in [1.29, 1.82) is 0 Å². The van der Waals surface area contributed by atoms with Gasteiger partial charge in [0.05, 0.1) is 13.1 Å². The molecule has 18 heavy (non-hydrogen) atoms. The summed E-state index contributed by atoms with van der Waals surface area (Å²) < 4.78 is 1.77. The Balaban J connectivity index is 2.06. The van der Waals surface area contributed by atoms with Gasteiger partial charge in [-0.1, -0.05) is 36.2 Å². The Morgan fingerprint density at radius 1 is 1.33 bits per heavy atom. The van der Waals surface area contributed by atoms with E-state index in [1.165, 1.54) is 0 Å². The second-order valence-corrected chi connectivity index (χ2v) is 4.72. The van der Waals surface area contributed by atoms with Crippen molar-refractivity contribution in [3.8, 4) is 0 Å². The summed E-state index contributed by atoms with van der Waals surface area (Å²) in [5.74, 6) is 0.780. The highest BCUT2D eigenvalue weighted by atomic mass is 35.5. The molecule has 0 aliphatic carbocycles. The van der Waals surface area contributed by atoms with Crippen molar-refractivity contribution in [3.05, 3.63) is 46.0 Å². The van der Waals surface area contributed by atoms with Gasteiger partial charge in [0.2, 0.25) is 0 Å². The molecular weight excluding hydrogens is 271 g/mol. The van der Waals surface area contributed by atoms with Crippen LogP contribution in [0.5, 0.6) is 0 Å². The molecule has 0 aliphatic heterocycles. The van der Waals surface area contributed by atoms with Crippen LogP contribution in [-0.4, -0.2) is 21.3 Å². The van der Waals surface area contributed by atoms with E-state index in [0.29, 0.717) is 23.1 Å². The minimum absolute atomic E-state index is 0.592. The Morgan fingerprint density at radius 2 is 2.17 bits per heavy atom. The monoisotopic (exact) mass is 284 g/mol. The van der Waals surface area contributed by atoms with Gasteiger partial charge in [0.1, 0.15) is 6.33 Å². The van der Waals surface area contributed by atoms with Gasteiger partial charge in [0.25, 0.3) is 0 Å². The standard InChI is InChI=1S/C12H14Cl2N4/c1-2-15-6-12-16-8-18(17-12)7-9-3-4-10(13)5-11(9)14/h3-5,8,15H,2,6-7H2,1H3. The molecule has 1 aromatic carbocycles. The molecule has 2 aromatic rings. The van der Waals surface area contributed by atoms with Gasteiger partial charge >= 0.3 is 0 Å². The first-order chi connectivity index (χ1) is 8.69. The first-order valence-electron chi connectivity index (χ1n) is 5.72. The van der Waals surface area contributed by atoms with Crippen LogP contribution in [0.4, 0.5) is 0 Å². The molecular formula is C12H14Cl2N4. The van der Waals surface area contributed by atoms with Crippen molar-refractivity contribution in [1.82, 2.24) is 20.1 Å². The van der Waals surface area contributed by atoms with Crippen LogP contribution in [-0.2, 0) is 13.1 Å². The van der Waals surface area contributed by atoms with Gasteiger partial charge in [-0.3, -0.25) is 0 Å². The molecule has 0 saturated carbocycles. The predicted molar refractivity (Wildman–Crippen MR) is 73.0 cm³/mol. The van der Waals surface area contributed by atoms with Gasteiger partial charge in [-0.25, -0.2) is 9.67 Å². The maximum atomic E-state index is 6.11. The maximum Gasteiger partial charge on any atom is 0.164 e. The van der Waals surface area contributed by atoms with E-state index in [-0.39, 0.29) is 0 Å². The summed E-state index contributed by atoms with van der Waals surface area (Å²) in [6.07, 6.45) is 1.71. The normalized spacial score (nSPS) is 10.8. The summed E-state index contributed by atoms with van der Waals surface area (Å²) in [7, 11) is 0. The third kappa shape index (κ3) is 3.45. The van der Waals surface area contributed by atoms with Gasteiger partial charge in [-0.05, 0) is 24.2 Å². The lowest BCUT2D eigenvalue weighted by molar-refractivity contribution is 0.643. The van der Waals surface area contributed by atoms with E-state index in [2.05, 4.69) is 15.4 Å². The van der Waals surface area contributed by atoms with Crippen molar-refractivity contribution in [3.63, 3.8) is 0 Å². The fourth-order valence-corrected chi connectivity index (χ4v) is 2.02. The van der Waals surface area contributed by atoms with Crippen molar-refractivity contribution in [2.24, 2.45) is 0 Å². The van der Waals surface area contributed by atoms with Crippen molar-refractivity contribution in [2.45, 2.75) is 20.0 Å². The zero-order valence-corrected chi connectivity index (χ0v) is 11.5. The summed E-state index contributed by atoms with van der Waals surface area (Å²) in [4.78, 5) is 4.22. The molecule has 2 rings (SSSR count). The summed E-state index contributed by atoms with van der Waals surface area (Å²) in [6, 6.07) is 5.45. The average Bonchev–Trinajstić information content (AvgIpc) is 2.78. The Bertz CT molecular complexity index is 525. The third-order valence-corrected chi connectivity index (χ3v) is 3.05. The molecule has 0 radical (unpaired) electrons. The number of nitrogens with one attached hydrogen (secondary N) is 1. The fourth-order valence-electron chi connectivity index (χ4n) is 1.55. The van der Waals surface area contributed by atoms with E-state index in [1.54, 1.807) is 17.1 Å². The Morgan fingerprint density at radius 3 is 2.89 bits per heavy atom. The zero-order chi connectivity index (χ0) is 13.0. The van der Waals surface area contributed by atoms with Crippen LogP contribution < -0.4 is 5.32 Å². The molecule has 0 atom stereocenters. The molecule has 0 fully saturated rings. The molecule has 96 valence electrons. The van der Waals surface area contributed by atoms with E-state index in [0.717, 1.165) is 17.9 Å². The van der Waals surface area contributed by atoms with E-state index < -0.39 is 0 Å². The predicted octanol–water partition coefficient (Wildman–Crippen LogP) is 2.74. The quantitative estimate of drug-likeness (QED) is 0.918. The zero-order valence-electron chi connectivity index (χ0n) is 10.0. The minimum Gasteiger partial charge on any atom is -0.310 e. The number of hydrogen-bond acceptors (Lipinski definition) is 3. The Kier molecular flexibility index (Phi) is 4.58. The van der Waals surface area contributed by atoms with E-state index in [1.807, 2.05) is 19.1 Å². The molecule has 0 amide bonds. The topological polar surface area (TPSA) is 42.7 Å². The SMILES string of the molecule is CCNCc1ncn(Cc2ccc(Cl)cc2Cl)n1. The number of nitrogens with zero attached hydrogens (tertiary/aromatic N) is 3. The van der Waals surface area contributed by atoms with Crippen LogP contribution >= 0.6 is 23.2 Å². The first kappa shape index (κ1) is 13.3. The Labute approximate surface area is 116 Å². The highest BCUT2D eigenvalue weighted by Crippen LogP contribution is 2.21. The van der Waals surface area contributed by atoms with Gasteiger partial charge in [-0.2, -0.15) is 5.10 Å². The number of halogens is 2. The Hall–Kier alpha value is -1.10. The third-order valence-electron chi connectivity index (χ3n) is 2.46. The molecule has 0 saturated heterocycles. The lowest BCUT2D eigenvalue weighted by Crippen LogP contribution is -2.13. The molecule has 1 heterocycles. The number of rotatable bonds is 5. The summed E-state index contributed by atoms with van der Waals surface area (Å²) in [5.41, 5.74) is 0.973. The molecule has 0 spiro atoms. The van der Waals surface area contributed by atoms with Crippen LogP contribution in [0.15, 0.2) is 24.5 Å². The van der Waals surface area contributed by atoms with Crippen molar-refractivity contribution >= 4 is 23.2 Å². The summed E-state index contributed by atoms with van der Waals surface area (Å²) >= 11 is 12.0. The molecule has 1 N–H and O–H groups in total. The van der Waals surface area contributed by atoms with Crippen LogP contribution in [0, 0.1) is 0 Å². The lowest BCUT2D eigenvalue weighted by atomic mass is 10.2. The molecule has 0 bridgehead atoms. The van der Waals surface area contributed by atoms with Gasteiger partial charge in [0.15, 0.2) is 5.82 Å². The summed E-state index contributed by atoms with van der Waals surface area (Å²) in [6.45, 7) is 4.22. The van der Waals surface area contributed by atoms with Crippen molar-refractivity contribution < 1.29 is 0 Å². The van der Waals surface area contributed by atoms with Crippen LogP contribution in [0.25, 0.3) is 0 Å². The minimum atomic E-state index is 0.592. The first-order valence-corrected chi connectivity index (χ1v) is 6.47. The van der Waals surface area contributed by atoms with Gasteiger partial charge in [-0.15, -0.1) is 0 Å². The van der Waals surface area contributed by atoms with Gasteiger partial charge < -0.3 is 5.32 Å². The lowest BCUT2D eigenvalue weighted by Gasteiger charge is -2.04. The van der Waals surface area contributed by atoms with Gasteiger partial charge in [0, 0.05) is 10.0 Å². The molecule has 4 nitrogen and oxygen atoms in total. The molecule has 0 unspecified atom stereocenters. The second kappa shape index (κ2) is 6.18. The molecule has 1 aromatic heterocycles. The van der Waals surface area contributed by atoms with E-state index in [4.69, 9.17) is 23.2 Å². The maximum absolute atomic E-state index is 6.11. The fraction of sp³-hybridized carbons (Fsp3) is 0.333.